The fourth-order valence-corrected chi connectivity index (χ4v) is 4.37. The number of hydrogen-bond acceptors (Lipinski definition) is 4. The summed E-state index contributed by atoms with van der Waals surface area (Å²) in [7, 11) is 0. The van der Waals surface area contributed by atoms with E-state index in [9.17, 15) is 9.59 Å². The van der Waals surface area contributed by atoms with Gasteiger partial charge >= 0.3 is 5.97 Å². The van der Waals surface area contributed by atoms with E-state index in [0.29, 0.717) is 12.8 Å². The Kier molecular flexibility index (Phi) is 7.31. The van der Waals surface area contributed by atoms with Gasteiger partial charge in [-0.2, -0.15) is 0 Å². The van der Waals surface area contributed by atoms with Crippen molar-refractivity contribution >= 4 is 17.6 Å². The van der Waals surface area contributed by atoms with Gasteiger partial charge in [0.25, 0.3) is 0 Å². The van der Waals surface area contributed by atoms with Crippen molar-refractivity contribution in [2.45, 2.75) is 51.5 Å². The molecule has 0 saturated carbocycles. The number of carboxylic acids is 1. The van der Waals surface area contributed by atoms with Crippen molar-refractivity contribution < 1.29 is 14.7 Å². The summed E-state index contributed by atoms with van der Waals surface area (Å²) in [5.41, 5.74) is 2.56. The standard InChI is InChI=1S/C22H33N3O3/c1-18-5-4-7-20(17-18)24-15-13-23(14-16-24)12-10-21(26)25-11-3-2-6-19(25)8-9-22(27)28/h4-5,7,17,19H,2-3,6,8-16H2,1H3,(H,27,28). The number of carbonyl (C=O) groups is 2. The Bertz CT molecular complexity index is 671. The molecule has 2 saturated heterocycles. The lowest BCUT2D eigenvalue weighted by Crippen LogP contribution is -2.48. The molecule has 2 aliphatic rings. The third kappa shape index (κ3) is 5.71. The molecule has 1 unspecified atom stereocenters. The van der Waals surface area contributed by atoms with Crippen LogP contribution in [0.15, 0.2) is 24.3 Å². The molecule has 28 heavy (non-hydrogen) atoms. The first-order valence-electron chi connectivity index (χ1n) is 10.6. The average Bonchev–Trinajstić information content (AvgIpc) is 2.71. The Hall–Kier alpha value is -2.08. The van der Waals surface area contributed by atoms with Crippen LogP contribution in [0.2, 0.25) is 0 Å². The summed E-state index contributed by atoms with van der Waals surface area (Å²) in [5, 5.41) is 8.95. The van der Waals surface area contributed by atoms with Crippen LogP contribution < -0.4 is 4.90 Å². The quantitative estimate of drug-likeness (QED) is 0.779. The predicted octanol–water partition coefficient (Wildman–Crippen LogP) is 2.75. The number of aliphatic carboxylic acids is 1. The van der Waals surface area contributed by atoms with Crippen LogP contribution in [0.5, 0.6) is 0 Å². The summed E-state index contributed by atoms with van der Waals surface area (Å²) >= 11 is 0. The molecule has 1 N–H and O–H groups in total. The molecule has 2 fully saturated rings. The van der Waals surface area contributed by atoms with Gasteiger partial charge in [0.2, 0.25) is 5.91 Å². The van der Waals surface area contributed by atoms with E-state index in [1.54, 1.807) is 0 Å². The van der Waals surface area contributed by atoms with E-state index in [2.05, 4.69) is 41.0 Å². The number of anilines is 1. The molecule has 3 rings (SSSR count). The van der Waals surface area contributed by atoms with Crippen molar-refractivity contribution in [3.63, 3.8) is 0 Å². The molecule has 1 atom stereocenters. The second-order valence-electron chi connectivity index (χ2n) is 8.09. The average molecular weight is 388 g/mol. The molecule has 0 bridgehead atoms. The molecule has 2 heterocycles. The highest BCUT2D eigenvalue weighted by Crippen LogP contribution is 2.22. The van der Waals surface area contributed by atoms with Gasteiger partial charge in [0.05, 0.1) is 0 Å². The monoisotopic (exact) mass is 387 g/mol. The highest BCUT2D eigenvalue weighted by atomic mass is 16.4. The summed E-state index contributed by atoms with van der Waals surface area (Å²) in [5.74, 6) is -0.583. The van der Waals surface area contributed by atoms with Crippen LogP contribution in [-0.2, 0) is 9.59 Å². The van der Waals surface area contributed by atoms with Gasteiger partial charge in [0.1, 0.15) is 0 Å². The molecule has 154 valence electrons. The number of benzene rings is 1. The fourth-order valence-electron chi connectivity index (χ4n) is 4.37. The van der Waals surface area contributed by atoms with Crippen molar-refractivity contribution in [3.8, 4) is 0 Å². The van der Waals surface area contributed by atoms with E-state index in [0.717, 1.165) is 58.5 Å². The molecule has 6 nitrogen and oxygen atoms in total. The highest BCUT2D eigenvalue weighted by molar-refractivity contribution is 5.77. The first-order chi connectivity index (χ1) is 13.5. The molecule has 1 amide bonds. The van der Waals surface area contributed by atoms with Gasteiger partial charge < -0.3 is 14.9 Å². The maximum Gasteiger partial charge on any atom is 0.303 e. The summed E-state index contributed by atoms with van der Waals surface area (Å²) in [6.45, 7) is 7.63. The number of carbonyl (C=O) groups excluding carboxylic acids is 1. The number of nitrogens with zero attached hydrogens (tertiary/aromatic N) is 3. The summed E-state index contributed by atoms with van der Waals surface area (Å²) in [4.78, 5) is 30.4. The van der Waals surface area contributed by atoms with Gasteiger partial charge in [-0.1, -0.05) is 12.1 Å². The molecule has 1 aromatic carbocycles. The van der Waals surface area contributed by atoms with Crippen molar-refractivity contribution in [2.24, 2.45) is 0 Å². The van der Waals surface area contributed by atoms with Crippen LogP contribution in [0, 0.1) is 6.92 Å². The first-order valence-corrected chi connectivity index (χ1v) is 10.6. The minimum atomic E-state index is -0.774. The summed E-state index contributed by atoms with van der Waals surface area (Å²) < 4.78 is 0. The molecular formula is C22H33N3O3. The zero-order chi connectivity index (χ0) is 19.9. The smallest absolute Gasteiger partial charge is 0.303 e. The Morgan fingerprint density at radius 1 is 1.07 bits per heavy atom. The van der Waals surface area contributed by atoms with Gasteiger partial charge in [-0.25, -0.2) is 0 Å². The van der Waals surface area contributed by atoms with Gasteiger partial charge in [-0.05, 0) is 50.3 Å². The van der Waals surface area contributed by atoms with Gasteiger partial charge in [-0.3, -0.25) is 14.5 Å². The SMILES string of the molecule is Cc1cccc(N2CCN(CCC(=O)N3CCCCC3CCC(=O)O)CC2)c1. The molecular weight excluding hydrogens is 354 g/mol. The normalized spacial score (nSPS) is 21.0. The molecule has 1 aromatic rings. The van der Waals surface area contributed by atoms with E-state index < -0.39 is 5.97 Å². The van der Waals surface area contributed by atoms with Crippen LogP contribution in [-0.4, -0.2) is 72.1 Å². The number of carboxylic acid groups (broad SMARTS) is 1. The Balaban J connectivity index is 1.44. The Labute approximate surface area is 168 Å². The lowest BCUT2D eigenvalue weighted by atomic mass is 9.97. The number of aryl methyl sites for hydroxylation is 1. The number of hydrogen-bond donors (Lipinski definition) is 1. The zero-order valence-electron chi connectivity index (χ0n) is 17.0. The van der Waals surface area contributed by atoms with Crippen LogP contribution in [0.1, 0.15) is 44.1 Å². The molecule has 0 aliphatic carbocycles. The number of rotatable bonds is 7. The number of amides is 1. The van der Waals surface area contributed by atoms with Crippen molar-refractivity contribution in [1.29, 1.82) is 0 Å². The largest absolute Gasteiger partial charge is 0.481 e. The second-order valence-corrected chi connectivity index (χ2v) is 8.09. The first kappa shape index (κ1) is 20.6. The second kappa shape index (κ2) is 9.92. The van der Waals surface area contributed by atoms with Crippen LogP contribution in [0.25, 0.3) is 0 Å². The lowest BCUT2D eigenvalue weighted by molar-refractivity contribution is -0.140. The Morgan fingerprint density at radius 3 is 2.57 bits per heavy atom. The van der Waals surface area contributed by atoms with Crippen molar-refractivity contribution in [3.05, 3.63) is 29.8 Å². The number of piperidine rings is 1. The third-order valence-electron chi connectivity index (χ3n) is 6.02. The highest BCUT2D eigenvalue weighted by Gasteiger charge is 2.27. The van der Waals surface area contributed by atoms with Gasteiger partial charge in [0.15, 0.2) is 0 Å². The third-order valence-corrected chi connectivity index (χ3v) is 6.02. The van der Waals surface area contributed by atoms with Crippen molar-refractivity contribution in [1.82, 2.24) is 9.80 Å². The van der Waals surface area contributed by atoms with Crippen LogP contribution in [0.4, 0.5) is 5.69 Å². The minimum absolute atomic E-state index is 0.107. The summed E-state index contributed by atoms with van der Waals surface area (Å²) in [6, 6.07) is 8.73. The molecule has 0 spiro atoms. The van der Waals surface area contributed by atoms with E-state index in [1.165, 1.54) is 11.3 Å². The van der Waals surface area contributed by atoms with Crippen LogP contribution >= 0.6 is 0 Å². The van der Waals surface area contributed by atoms with E-state index in [1.807, 2.05) is 4.90 Å². The van der Waals surface area contributed by atoms with Crippen molar-refractivity contribution in [2.75, 3.05) is 44.2 Å². The van der Waals surface area contributed by atoms with Gasteiger partial charge in [-0.15, -0.1) is 0 Å². The topological polar surface area (TPSA) is 64.1 Å². The molecule has 2 aliphatic heterocycles. The van der Waals surface area contributed by atoms with E-state index in [-0.39, 0.29) is 18.4 Å². The zero-order valence-corrected chi connectivity index (χ0v) is 17.0. The molecule has 0 radical (unpaired) electrons. The van der Waals surface area contributed by atoms with Gasteiger partial charge in [0, 0.05) is 63.8 Å². The molecule has 6 heteroatoms. The summed E-state index contributed by atoms with van der Waals surface area (Å²) in [6.07, 6.45) is 4.33. The van der Waals surface area contributed by atoms with E-state index >= 15 is 0 Å². The minimum Gasteiger partial charge on any atom is -0.481 e. The maximum absolute atomic E-state index is 12.8. The maximum atomic E-state index is 12.8. The van der Waals surface area contributed by atoms with E-state index in [4.69, 9.17) is 5.11 Å². The number of likely N-dealkylation sites (tertiary alicyclic amines) is 1. The molecule has 0 aromatic heterocycles. The lowest BCUT2D eigenvalue weighted by Gasteiger charge is -2.38. The number of piperazine rings is 1. The Morgan fingerprint density at radius 2 is 1.86 bits per heavy atom. The predicted molar refractivity (Wildman–Crippen MR) is 111 cm³/mol. The fraction of sp³-hybridized carbons (Fsp3) is 0.636. The van der Waals surface area contributed by atoms with Crippen LogP contribution in [0.3, 0.4) is 0 Å².